The Balaban J connectivity index is 0.000000193. The van der Waals surface area contributed by atoms with Crippen molar-refractivity contribution in [3.05, 3.63) is 81.4 Å². The molecule has 0 aliphatic rings. The van der Waals surface area contributed by atoms with E-state index >= 15 is 0 Å². The van der Waals surface area contributed by atoms with Gasteiger partial charge in [0.1, 0.15) is 0 Å². The van der Waals surface area contributed by atoms with Crippen molar-refractivity contribution >= 4 is 42.9 Å². The first-order valence-electron chi connectivity index (χ1n) is 10.9. The van der Waals surface area contributed by atoms with Crippen LogP contribution in [0.25, 0.3) is 22.5 Å². The predicted molar refractivity (Wildman–Crippen MR) is 147 cm³/mol. The number of nitrogens with zero attached hydrogens (tertiary/aromatic N) is 2. The van der Waals surface area contributed by atoms with Gasteiger partial charge in [0.2, 0.25) is 0 Å². The second-order valence-corrected chi connectivity index (χ2v) is 12.3. The van der Waals surface area contributed by atoms with Gasteiger partial charge in [-0.05, 0) is 12.8 Å². The van der Waals surface area contributed by atoms with E-state index in [1.165, 1.54) is 20.9 Å². The SMILES string of the molecule is CCc1scnc1-c1ccccc1.CCc1scnc1-c1ccccc1.O=S(=O)(O)CCS(=O)(=O)O. The van der Waals surface area contributed by atoms with E-state index in [-0.39, 0.29) is 0 Å². The lowest BCUT2D eigenvalue weighted by Gasteiger charge is -1.98. The van der Waals surface area contributed by atoms with Crippen molar-refractivity contribution in [3.63, 3.8) is 0 Å². The molecule has 194 valence electrons. The Hall–Kier alpha value is -2.48. The van der Waals surface area contributed by atoms with Crippen LogP contribution in [0.3, 0.4) is 0 Å². The summed E-state index contributed by atoms with van der Waals surface area (Å²) >= 11 is 3.47. The fourth-order valence-electron chi connectivity index (χ4n) is 2.92. The van der Waals surface area contributed by atoms with Gasteiger partial charge in [0, 0.05) is 20.9 Å². The van der Waals surface area contributed by atoms with Crippen molar-refractivity contribution in [2.75, 3.05) is 11.5 Å². The van der Waals surface area contributed by atoms with E-state index in [4.69, 9.17) is 9.11 Å². The number of rotatable bonds is 7. The summed E-state index contributed by atoms with van der Waals surface area (Å²) in [6.07, 6.45) is 2.13. The predicted octanol–water partition coefficient (Wildman–Crippen LogP) is 5.51. The summed E-state index contributed by atoms with van der Waals surface area (Å²) in [7, 11) is -8.59. The van der Waals surface area contributed by atoms with E-state index in [9.17, 15) is 16.8 Å². The van der Waals surface area contributed by atoms with E-state index in [0.717, 1.165) is 24.2 Å². The maximum Gasteiger partial charge on any atom is 0.265 e. The Morgan fingerprint density at radius 3 is 1.25 bits per heavy atom. The van der Waals surface area contributed by atoms with Crippen molar-refractivity contribution in [2.45, 2.75) is 26.7 Å². The summed E-state index contributed by atoms with van der Waals surface area (Å²) in [5.74, 6) is -1.96. The topological polar surface area (TPSA) is 135 Å². The zero-order valence-electron chi connectivity index (χ0n) is 19.8. The number of benzene rings is 2. The molecule has 36 heavy (non-hydrogen) atoms. The largest absolute Gasteiger partial charge is 0.286 e. The van der Waals surface area contributed by atoms with Crippen molar-refractivity contribution in [3.8, 4) is 22.5 Å². The van der Waals surface area contributed by atoms with Crippen molar-refractivity contribution in [1.29, 1.82) is 0 Å². The first kappa shape index (κ1) is 29.7. The zero-order valence-corrected chi connectivity index (χ0v) is 23.1. The van der Waals surface area contributed by atoms with Crippen LogP contribution in [0.15, 0.2) is 71.7 Å². The van der Waals surface area contributed by atoms with Crippen molar-refractivity contribution < 1.29 is 25.9 Å². The van der Waals surface area contributed by atoms with Crippen LogP contribution in [0.5, 0.6) is 0 Å². The molecule has 0 spiro atoms. The normalized spacial score (nSPS) is 11.1. The smallest absolute Gasteiger partial charge is 0.265 e. The summed E-state index contributed by atoms with van der Waals surface area (Å²) < 4.78 is 55.4. The van der Waals surface area contributed by atoms with Crippen molar-refractivity contribution in [2.24, 2.45) is 0 Å². The lowest BCUT2D eigenvalue weighted by atomic mass is 10.1. The lowest BCUT2D eigenvalue weighted by molar-refractivity contribution is 0.472. The fourth-order valence-corrected chi connectivity index (χ4v) is 6.07. The molecule has 8 nitrogen and oxygen atoms in total. The minimum atomic E-state index is -4.30. The fraction of sp³-hybridized carbons (Fsp3) is 0.250. The Morgan fingerprint density at radius 1 is 0.639 bits per heavy atom. The lowest BCUT2D eigenvalue weighted by Crippen LogP contribution is -2.15. The first-order valence-corrected chi connectivity index (χ1v) is 15.9. The van der Waals surface area contributed by atoms with Crippen LogP contribution in [0.1, 0.15) is 23.6 Å². The zero-order chi connectivity index (χ0) is 26.6. The molecule has 0 saturated carbocycles. The van der Waals surface area contributed by atoms with E-state index in [0.29, 0.717) is 0 Å². The first-order chi connectivity index (χ1) is 17.0. The second kappa shape index (κ2) is 14.3. The summed E-state index contributed by atoms with van der Waals surface area (Å²) in [4.78, 5) is 11.5. The molecule has 0 atom stereocenters. The molecule has 0 bridgehead atoms. The van der Waals surface area contributed by atoms with Gasteiger partial charge in [-0.3, -0.25) is 9.11 Å². The van der Waals surface area contributed by atoms with Crippen LogP contribution >= 0.6 is 22.7 Å². The quantitative estimate of drug-likeness (QED) is 0.279. The van der Waals surface area contributed by atoms with E-state index in [1.54, 1.807) is 22.7 Å². The highest BCUT2D eigenvalue weighted by Crippen LogP contribution is 2.26. The Morgan fingerprint density at radius 2 is 0.972 bits per heavy atom. The summed E-state index contributed by atoms with van der Waals surface area (Å²) in [6, 6.07) is 20.7. The van der Waals surface area contributed by atoms with Gasteiger partial charge in [0.25, 0.3) is 20.2 Å². The third-order valence-electron chi connectivity index (χ3n) is 4.62. The number of hydrogen-bond acceptors (Lipinski definition) is 8. The molecular formula is C24H28N2O6S4. The molecule has 0 fully saturated rings. The van der Waals surface area contributed by atoms with Gasteiger partial charge in [0.05, 0.1) is 33.9 Å². The van der Waals surface area contributed by atoms with Crippen LogP contribution in [-0.2, 0) is 33.1 Å². The average Bonchev–Trinajstić information content (AvgIpc) is 3.53. The third-order valence-corrected chi connectivity index (χ3v) is 8.27. The van der Waals surface area contributed by atoms with E-state index in [2.05, 4.69) is 48.1 Å². The molecule has 2 aromatic heterocycles. The van der Waals surface area contributed by atoms with E-state index < -0.39 is 31.7 Å². The highest BCUT2D eigenvalue weighted by atomic mass is 32.2. The molecule has 4 rings (SSSR count). The van der Waals surface area contributed by atoms with Gasteiger partial charge < -0.3 is 0 Å². The highest BCUT2D eigenvalue weighted by molar-refractivity contribution is 7.89. The monoisotopic (exact) mass is 568 g/mol. The van der Waals surface area contributed by atoms with Gasteiger partial charge in [0.15, 0.2) is 0 Å². The molecule has 0 aliphatic heterocycles. The molecule has 2 heterocycles. The molecule has 0 aliphatic carbocycles. The van der Waals surface area contributed by atoms with Crippen molar-refractivity contribution in [1.82, 2.24) is 9.97 Å². The van der Waals surface area contributed by atoms with Crippen LogP contribution < -0.4 is 0 Å². The standard InChI is InChI=1S/2C11H11NS.C2H6O6S2/c2*1-2-10-11(12-8-13-10)9-6-4-3-5-7-9;3-9(4,5)1-2-10(6,7)8/h2*3-8H,2H2,1H3;1-2H2,(H,3,4,5)(H,6,7,8). The van der Waals surface area contributed by atoms with Gasteiger partial charge in [-0.2, -0.15) is 16.8 Å². The second-order valence-electron chi connectivity index (χ2n) is 7.26. The van der Waals surface area contributed by atoms with E-state index in [1.807, 2.05) is 47.4 Å². The van der Waals surface area contributed by atoms with Crippen LogP contribution in [-0.4, -0.2) is 47.4 Å². The van der Waals surface area contributed by atoms with Crippen LogP contribution in [0, 0.1) is 0 Å². The number of hydrogen-bond donors (Lipinski definition) is 2. The minimum Gasteiger partial charge on any atom is -0.286 e. The Bertz CT molecular complexity index is 1290. The summed E-state index contributed by atoms with van der Waals surface area (Å²) in [5.41, 5.74) is 8.57. The average molecular weight is 569 g/mol. The molecule has 2 N–H and O–H groups in total. The summed E-state index contributed by atoms with van der Waals surface area (Å²) in [6.45, 7) is 4.33. The maximum absolute atomic E-state index is 9.86. The number of aryl methyl sites for hydroxylation is 2. The third kappa shape index (κ3) is 10.6. The summed E-state index contributed by atoms with van der Waals surface area (Å²) in [5, 5.41) is 0. The Kier molecular flexibility index (Phi) is 11.8. The van der Waals surface area contributed by atoms with Gasteiger partial charge in [-0.1, -0.05) is 74.5 Å². The van der Waals surface area contributed by atoms with Gasteiger partial charge in [-0.25, -0.2) is 9.97 Å². The number of thiazole rings is 2. The van der Waals surface area contributed by atoms with Gasteiger partial charge >= 0.3 is 0 Å². The molecule has 0 saturated heterocycles. The minimum absolute atomic E-state index is 0.980. The Labute approximate surface area is 220 Å². The molecular weight excluding hydrogens is 541 g/mol. The molecule has 2 aromatic carbocycles. The highest BCUT2D eigenvalue weighted by Gasteiger charge is 2.11. The molecule has 0 unspecified atom stereocenters. The van der Waals surface area contributed by atoms with Crippen LogP contribution in [0.2, 0.25) is 0 Å². The molecule has 0 radical (unpaired) electrons. The maximum atomic E-state index is 9.86. The molecule has 12 heteroatoms. The molecule has 0 amide bonds. The van der Waals surface area contributed by atoms with Crippen LogP contribution in [0.4, 0.5) is 0 Å². The van der Waals surface area contributed by atoms with Gasteiger partial charge in [-0.15, -0.1) is 22.7 Å². The molecule has 4 aromatic rings. The number of aromatic nitrogens is 2.